The second-order valence-corrected chi connectivity index (χ2v) is 15.0. The first-order chi connectivity index (χ1) is 19.7. The number of hydrogen-bond donors (Lipinski definition) is 4. The van der Waals surface area contributed by atoms with Crippen molar-refractivity contribution in [3.63, 3.8) is 0 Å². The molecule has 240 valence electrons. The van der Waals surface area contributed by atoms with Gasteiger partial charge in [-0.25, -0.2) is 34.2 Å². The van der Waals surface area contributed by atoms with E-state index >= 15 is 0 Å². The third-order valence-corrected chi connectivity index (χ3v) is 12.3. The van der Waals surface area contributed by atoms with Gasteiger partial charge in [0.25, 0.3) is 0 Å². The molecule has 3 unspecified atom stereocenters. The Morgan fingerprint density at radius 3 is 2.38 bits per heavy atom. The molecule has 0 bridgehead atoms. The van der Waals surface area contributed by atoms with E-state index in [-0.39, 0.29) is 25.4 Å². The third-order valence-electron chi connectivity index (χ3n) is 7.02. The SMILES string of the molecule is CCCC(CC)(CC)OP(=O)(OC[C@H]1O[C@@H](n2cnc3c(N)ncnc32)C[C@@H]1OP(N)(=O)O)N(CC)P(=O)(O)OCC. The molecule has 6 atom stereocenters. The molecule has 1 fully saturated rings. The van der Waals surface area contributed by atoms with Crippen molar-refractivity contribution in [1.29, 1.82) is 0 Å². The fourth-order valence-electron chi connectivity index (χ4n) is 4.92. The Bertz CT molecular complexity index is 1340. The number of ether oxygens (including phenoxy) is 1. The highest BCUT2D eigenvalue weighted by molar-refractivity contribution is 7.66. The Morgan fingerprint density at radius 2 is 1.81 bits per heavy atom. The smallest absolute Gasteiger partial charge is 0.382 e. The number of anilines is 1. The van der Waals surface area contributed by atoms with Gasteiger partial charge in [-0.15, -0.1) is 4.44 Å². The van der Waals surface area contributed by atoms with Crippen LogP contribution in [-0.2, 0) is 36.5 Å². The first kappa shape index (κ1) is 35.2. The molecule has 0 aromatic carbocycles. The molecule has 3 heterocycles. The Labute approximate surface area is 245 Å². The molecular weight excluding hydrogens is 615 g/mol. The van der Waals surface area contributed by atoms with Crippen molar-refractivity contribution < 1.29 is 46.3 Å². The maximum atomic E-state index is 14.5. The highest BCUT2D eigenvalue weighted by Crippen LogP contribution is 2.68. The lowest BCUT2D eigenvalue weighted by Crippen LogP contribution is -2.35. The lowest BCUT2D eigenvalue weighted by atomic mass is 9.92. The minimum absolute atomic E-state index is 0.00503. The summed E-state index contributed by atoms with van der Waals surface area (Å²) in [7, 11) is -13.7. The average molecular weight is 658 g/mol. The number of nitrogens with zero attached hydrogens (tertiary/aromatic N) is 5. The van der Waals surface area contributed by atoms with E-state index in [9.17, 15) is 23.5 Å². The lowest BCUT2D eigenvalue weighted by Gasteiger charge is -2.39. The number of nitrogen functional groups attached to an aromatic ring is 1. The molecule has 3 rings (SSSR count). The third kappa shape index (κ3) is 8.03. The van der Waals surface area contributed by atoms with Gasteiger partial charge in [0.2, 0.25) is 0 Å². The molecule has 6 N–H and O–H groups in total. The molecule has 0 radical (unpaired) electrons. The Kier molecular flexibility index (Phi) is 11.9. The summed E-state index contributed by atoms with van der Waals surface area (Å²) in [5.74, 6) is 0.147. The predicted octanol–water partition coefficient (Wildman–Crippen LogP) is 4.10. The van der Waals surface area contributed by atoms with Crippen molar-refractivity contribution in [3.8, 4) is 0 Å². The Hall–Kier alpha value is -1.32. The van der Waals surface area contributed by atoms with Crippen LogP contribution in [0.3, 0.4) is 0 Å². The molecule has 42 heavy (non-hydrogen) atoms. The van der Waals surface area contributed by atoms with Crippen molar-refractivity contribution in [2.45, 2.75) is 90.8 Å². The molecule has 0 spiro atoms. The van der Waals surface area contributed by atoms with Crippen LogP contribution in [0.2, 0.25) is 0 Å². The molecular formula is C22H42N7O10P3. The van der Waals surface area contributed by atoms with Crippen LogP contribution in [0.5, 0.6) is 0 Å². The monoisotopic (exact) mass is 657 g/mol. The first-order valence-electron chi connectivity index (χ1n) is 13.8. The zero-order valence-corrected chi connectivity index (χ0v) is 27.1. The summed E-state index contributed by atoms with van der Waals surface area (Å²) < 4.78 is 70.5. The van der Waals surface area contributed by atoms with Crippen LogP contribution in [0.4, 0.5) is 5.82 Å². The van der Waals surface area contributed by atoms with Gasteiger partial charge in [0, 0.05) is 13.0 Å². The molecule has 1 saturated heterocycles. The minimum Gasteiger partial charge on any atom is -0.382 e. The van der Waals surface area contributed by atoms with Gasteiger partial charge in [-0.3, -0.25) is 22.7 Å². The maximum absolute atomic E-state index is 14.5. The highest BCUT2D eigenvalue weighted by Gasteiger charge is 2.51. The number of fused-ring (bicyclic) bond motifs is 1. The summed E-state index contributed by atoms with van der Waals surface area (Å²) in [4.78, 5) is 32.8. The van der Waals surface area contributed by atoms with E-state index in [1.165, 1.54) is 31.1 Å². The predicted molar refractivity (Wildman–Crippen MR) is 154 cm³/mol. The summed E-state index contributed by atoms with van der Waals surface area (Å²) in [6, 6.07) is 0. The average Bonchev–Trinajstić information content (AvgIpc) is 3.51. The molecule has 0 aliphatic carbocycles. The van der Waals surface area contributed by atoms with Crippen LogP contribution in [-0.4, -0.2) is 71.3 Å². The first-order valence-corrected chi connectivity index (χ1v) is 18.4. The van der Waals surface area contributed by atoms with E-state index in [4.69, 9.17) is 34.1 Å². The van der Waals surface area contributed by atoms with Crippen LogP contribution in [0.25, 0.3) is 11.2 Å². The summed E-state index contributed by atoms with van der Waals surface area (Å²) in [6.07, 6.45) is 1.66. The Balaban J connectivity index is 1.98. The van der Waals surface area contributed by atoms with Gasteiger partial charge in [0.05, 0.1) is 25.1 Å². The van der Waals surface area contributed by atoms with Crippen molar-refractivity contribution in [2.75, 3.05) is 25.5 Å². The van der Waals surface area contributed by atoms with Gasteiger partial charge >= 0.3 is 23.2 Å². The fourth-order valence-corrected chi connectivity index (χ4v) is 9.68. The molecule has 1 aliphatic rings. The highest BCUT2D eigenvalue weighted by atomic mass is 31.3. The van der Waals surface area contributed by atoms with Crippen LogP contribution in [0.15, 0.2) is 12.7 Å². The number of aromatic nitrogens is 4. The number of imidazole rings is 1. The molecule has 2 aromatic heterocycles. The zero-order valence-electron chi connectivity index (χ0n) is 24.4. The molecule has 0 saturated carbocycles. The zero-order chi connectivity index (χ0) is 31.3. The van der Waals surface area contributed by atoms with Gasteiger partial charge in [-0.2, -0.15) is 0 Å². The maximum Gasteiger partial charge on any atom is 0.418 e. The lowest BCUT2D eigenvalue weighted by molar-refractivity contribution is -0.0469. The molecule has 0 amide bonds. The van der Waals surface area contributed by atoms with Gasteiger partial charge in [-0.1, -0.05) is 34.1 Å². The van der Waals surface area contributed by atoms with E-state index in [1.807, 2.05) is 20.8 Å². The molecule has 2 aromatic rings. The quantitative estimate of drug-likeness (QED) is 0.175. The topological polar surface area (TPSA) is 237 Å². The van der Waals surface area contributed by atoms with E-state index in [2.05, 4.69) is 15.0 Å². The summed E-state index contributed by atoms with van der Waals surface area (Å²) in [5.41, 5.74) is 10.9. The van der Waals surface area contributed by atoms with Gasteiger partial charge < -0.3 is 20.3 Å². The summed E-state index contributed by atoms with van der Waals surface area (Å²) >= 11 is 0. The number of nitrogens with two attached hydrogens (primary N) is 2. The molecule has 1 aliphatic heterocycles. The van der Waals surface area contributed by atoms with Crippen molar-refractivity contribution >= 4 is 40.2 Å². The fraction of sp³-hybridized carbons (Fsp3) is 0.773. The van der Waals surface area contributed by atoms with Crippen LogP contribution in [0.1, 0.15) is 73.0 Å². The van der Waals surface area contributed by atoms with Crippen molar-refractivity contribution in [2.24, 2.45) is 5.50 Å². The van der Waals surface area contributed by atoms with E-state index < -0.39 is 53.9 Å². The van der Waals surface area contributed by atoms with Gasteiger partial charge in [-0.05, 0) is 26.2 Å². The molecule has 17 nitrogen and oxygen atoms in total. The van der Waals surface area contributed by atoms with E-state index in [1.54, 1.807) is 0 Å². The van der Waals surface area contributed by atoms with E-state index in [0.29, 0.717) is 41.3 Å². The van der Waals surface area contributed by atoms with Gasteiger partial charge in [0.15, 0.2) is 11.5 Å². The standard InChI is InChI=1S/C22H42N7O10P3/c1-6-11-22(7-2,8-3)39-42(34,29(9-4)41(32,33)35-10-5)36-13-17-16(38-40(24,30)31)12-18(37-17)28-15-27-19-20(23)25-14-26-21(19)28/h14-18H,6-13H2,1-5H3,(H,32,33)(H2,23,25,26)(H3,24,30,31)/t16-,17+,18+,42?/m0/s1. The number of rotatable bonds is 17. The normalized spacial score (nSPS) is 24.1. The summed E-state index contributed by atoms with van der Waals surface area (Å²) in [6.45, 7) is 7.83. The largest absolute Gasteiger partial charge is 0.418 e. The minimum atomic E-state index is -4.64. The number of hydrogen-bond acceptors (Lipinski definition) is 12. The second-order valence-electron chi connectivity index (χ2n) is 9.75. The van der Waals surface area contributed by atoms with Crippen LogP contribution < -0.4 is 11.2 Å². The Morgan fingerprint density at radius 1 is 1.12 bits per heavy atom. The van der Waals surface area contributed by atoms with Crippen LogP contribution >= 0.6 is 23.2 Å². The molecule has 20 heteroatoms. The summed E-state index contributed by atoms with van der Waals surface area (Å²) in [5, 5.41) is 0. The van der Waals surface area contributed by atoms with Crippen LogP contribution in [0, 0.1) is 0 Å². The second kappa shape index (κ2) is 14.2. The van der Waals surface area contributed by atoms with Crippen molar-refractivity contribution in [1.82, 2.24) is 24.0 Å². The van der Waals surface area contributed by atoms with Gasteiger partial charge in [0.1, 0.15) is 30.3 Å². The van der Waals surface area contributed by atoms with E-state index in [0.717, 1.165) is 0 Å². The van der Waals surface area contributed by atoms with Crippen molar-refractivity contribution in [3.05, 3.63) is 12.7 Å².